The van der Waals surface area contributed by atoms with Crippen molar-refractivity contribution in [3.05, 3.63) is 106 Å². The molecule has 0 spiro atoms. The number of carbonyl (C=O) groups is 2. The van der Waals surface area contributed by atoms with Crippen molar-refractivity contribution in [2.45, 2.75) is 38.8 Å². The summed E-state index contributed by atoms with van der Waals surface area (Å²) in [5.41, 5.74) is 2.57. The highest BCUT2D eigenvalue weighted by Crippen LogP contribution is 2.21. The zero-order chi connectivity index (χ0) is 23.6. The number of halogens is 2. The van der Waals surface area contributed by atoms with Gasteiger partial charge in [0.25, 0.3) is 0 Å². The molecular weight excluding hydrogens is 455 g/mol. The molecule has 33 heavy (non-hydrogen) atoms. The minimum absolute atomic E-state index is 0.104. The number of amides is 2. The monoisotopic (exact) mass is 482 g/mol. The molecule has 0 fully saturated rings. The van der Waals surface area contributed by atoms with Gasteiger partial charge in [-0.3, -0.25) is 9.59 Å². The maximum atomic E-state index is 13.6. The molecule has 6 heteroatoms. The van der Waals surface area contributed by atoms with Gasteiger partial charge in [-0.2, -0.15) is 0 Å². The summed E-state index contributed by atoms with van der Waals surface area (Å²) < 4.78 is 0. The van der Waals surface area contributed by atoms with Gasteiger partial charge < -0.3 is 10.2 Å². The van der Waals surface area contributed by atoms with Gasteiger partial charge in [-0.1, -0.05) is 90.8 Å². The predicted molar refractivity (Wildman–Crippen MR) is 134 cm³/mol. The Kier molecular flexibility index (Phi) is 9.35. The second-order valence-electron chi connectivity index (χ2n) is 7.92. The molecule has 4 nitrogen and oxygen atoms in total. The van der Waals surface area contributed by atoms with Crippen LogP contribution in [0.2, 0.25) is 10.0 Å². The zero-order valence-corrected chi connectivity index (χ0v) is 20.1. The molecule has 2 amide bonds. The molecule has 1 N–H and O–H groups in total. The molecule has 3 aromatic rings. The molecule has 0 aliphatic heterocycles. The van der Waals surface area contributed by atoms with Crippen molar-refractivity contribution in [3.8, 4) is 0 Å². The van der Waals surface area contributed by atoms with Gasteiger partial charge in [0.15, 0.2) is 0 Å². The Bertz CT molecular complexity index is 1070. The molecular formula is C27H28Cl2N2O2. The normalized spacial score (nSPS) is 11.6. The van der Waals surface area contributed by atoms with Crippen LogP contribution in [0.4, 0.5) is 0 Å². The third-order valence-corrected chi connectivity index (χ3v) is 5.97. The quantitative estimate of drug-likeness (QED) is 0.402. The van der Waals surface area contributed by atoms with E-state index in [1.165, 1.54) is 0 Å². The van der Waals surface area contributed by atoms with Crippen molar-refractivity contribution < 1.29 is 9.59 Å². The number of nitrogens with one attached hydrogen (secondary N) is 1. The lowest BCUT2D eigenvalue weighted by atomic mass is 10.0. The van der Waals surface area contributed by atoms with Gasteiger partial charge in [-0.25, -0.2) is 0 Å². The van der Waals surface area contributed by atoms with E-state index in [4.69, 9.17) is 23.2 Å². The fourth-order valence-corrected chi connectivity index (χ4v) is 4.07. The Morgan fingerprint density at radius 1 is 0.909 bits per heavy atom. The van der Waals surface area contributed by atoms with Gasteiger partial charge in [0, 0.05) is 29.6 Å². The molecule has 0 saturated heterocycles. The maximum Gasteiger partial charge on any atom is 0.243 e. The second kappa shape index (κ2) is 12.4. The molecule has 0 unspecified atom stereocenters. The van der Waals surface area contributed by atoms with Crippen LogP contribution in [0.15, 0.2) is 78.9 Å². The van der Waals surface area contributed by atoms with Crippen molar-refractivity contribution in [3.63, 3.8) is 0 Å². The molecule has 0 aromatic heterocycles. The fraction of sp³-hybridized carbons (Fsp3) is 0.259. The standard InChI is InChI=1S/C27H28Cl2N2O2/c1-2-15-30-27(33)25(17-20-9-4-3-5-10-20)31(19-21-11-8-13-23(28)16-21)26(32)18-22-12-6-7-14-24(22)29/h3-14,16,25H,2,15,17-19H2,1H3,(H,30,33)/t25-/m0/s1. The second-order valence-corrected chi connectivity index (χ2v) is 8.76. The minimum atomic E-state index is -0.673. The lowest BCUT2D eigenvalue weighted by molar-refractivity contribution is -0.140. The third-order valence-electron chi connectivity index (χ3n) is 5.36. The number of benzene rings is 3. The summed E-state index contributed by atoms with van der Waals surface area (Å²) in [4.78, 5) is 28.5. The molecule has 0 saturated carbocycles. The molecule has 0 heterocycles. The summed E-state index contributed by atoms with van der Waals surface area (Å²) in [6.45, 7) is 2.81. The highest BCUT2D eigenvalue weighted by Gasteiger charge is 2.30. The Labute approximate surface area is 205 Å². The highest BCUT2D eigenvalue weighted by atomic mass is 35.5. The molecule has 0 aliphatic rings. The number of rotatable bonds is 10. The van der Waals surface area contributed by atoms with Crippen LogP contribution < -0.4 is 5.32 Å². The molecule has 172 valence electrons. The van der Waals surface area contributed by atoms with E-state index < -0.39 is 6.04 Å². The minimum Gasteiger partial charge on any atom is -0.354 e. The summed E-state index contributed by atoms with van der Waals surface area (Å²) in [6, 6.07) is 23.7. The largest absolute Gasteiger partial charge is 0.354 e. The molecule has 0 radical (unpaired) electrons. The zero-order valence-electron chi connectivity index (χ0n) is 18.6. The van der Waals surface area contributed by atoms with Crippen LogP contribution in [0.25, 0.3) is 0 Å². The Morgan fingerprint density at radius 3 is 2.30 bits per heavy atom. The summed E-state index contributed by atoms with van der Waals surface area (Å²) in [7, 11) is 0. The van der Waals surface area contributed by atoms with E-state index >= 15 is 0 Å². The summed E-state index contributed by atoms with van der Waals surface area (Å²) in [5, 5.41) is 4.09. The fourth-order valence-electron chi connectivity index (χ4n) is 3.66. The van der Waals surface area contributed by atoms with Crippen LogP contribution >= 0.6 is 23.2 Å². The van der Waals surface area contributed by atoms with Crippen molar-refractivity contribution in [1.82, 2.24) is 10.2 Å². The molecule has 0 aliphatic carbocycles. The molecule has 1 atom stereocenters. The van der Waals surface area contributed by atoms with E-state index in [0.717, 1.165) is 23.1 Å². The van der Waals surface area contributed by atoms with Crippen LogP contribution in [0.5, 0.6) is 0 Å². The number of carbonyl (C=O) groups excluding carboxylic acids is 2. The summed E-state index contributed by atoms with van der Waals surface area (Å²) in [5.74, 6) is -0.342. The van der Waals surface area contributed by atoms with Gasteiger partial charge in [-0.05, 0) is 41.3 Å². The molecule has 3 aromatic carbocycles. The van der Waals surface area contributed by atoms with Gasteiger partial charge in [-0.15, -0.1) is 0 Å². The van der Waals surface area contributed by atoms with E-state index in [1.807, 2.05) is 73.7 Å². The summed E-state index contributed by atoms with van der Waals surface area (Å²) in [6.07, 6.45) is 1.32. The van der Waals surface area contributed by atoms with Crippen molar-refractivity contribution in [2.75, 3.05) is 6.54 Å². The first-order chi connectivity index (χ1) is 16.0. The number of nitrogens with zero attached hydrogens (tertiary/aromatic N) is 1. The predicted octanol–water partition coefficient (Wildman–Crippen LogP) is 5.70. The highest BCUT2D eigenvalue weighted by molar-refractivity contribution is 6.31. The van der Waals surface area contributed by atoms with E-state index in [2.05, 4.69) is 5.32 Å². The number of hydrogen-bond acceptors (Lipinski definition) is 2. The van der Waals surface area contributed by atoms with Crippen LogP contribution in [0.3, 0.4) is 0 Å². The lowest BCUT2D eigenvalue weighted by Crippen LogP contribution is -2.51. The van der Waals surface area contributed by atoms with Crippen LogP contribution in [-0.4, -0.2) is 29.3 Å². The lowest BCUT2D eigenvalue weighted by Gasteiger charge is -2.32. The van der Waals surface area contributed by atoms with E-state index in [1.54, 1.807) is 17.0 Å². The first-order valence-electron chi connectivity index (χ1n) is 11.1. The van der Waals surface area contributed by atoms with Gasteiger partial charge in [0.2, 0.25) is 11.8 Å². The maximum absolute atomic E-state index is 13.6. The van der Waals surface area contributed by atoms with Gasteiger partial charge in [0.1, 0.15) is 6.04 Å². The van der Waals surface area contributed by atoms with E-state index in [-0.39, 0.29) is 24.8 Å². The Balaban J connectivity index is 1.96. The van der Waals surface area contributed by atoms with Crippen molar-refractivity contribution >= 4 is 35.0 Å². The van der Waals surface area contributed by atoms with Crippen molar-refractivity contribution in [1.29, 1.82) is 0 Å². The smallest absolute Gasteiger partial charge is 0.243 e. The first-order valence-corrected chi connectivity index (χ1v) is 11.8. The Hall–Kier alpha value is -2.82. The first kappa shape index (κ1) is 24.8. The van der Waals surface area contributed by atoms with Crippen LogP contribution in [0.1, 0.15) is 30.0 Å². The van der Waals surface area contributed by atoms with E-state index in [9.17, 15) is 9.59 Å². The summed E-state index contributed by atoms with van der Waals surface area (Å²) >= 11 is 12.5. The van der Waals surface area contributed by atoms with E-state index in [0.29, 0.717) is 23.0 Å². The van der Waals surface area contributed by atoms with Crippen LogP contribution in [0, 0.1) is 0 Å². The number of hydrogen-bond donors (Lipinski definition) is 1. The SMILES string of the molecule is CCCNC(=O)[C@H](Cc1ccccc1)N(Cc1cccc(Cl)c1)C(=O)Cc1ccccc1Cl. The molecule has 3 rings (SSSR count). The van der Waals surface area contributed by atoms with Gasteiger partial charge in [0.05, 0.1) is 6.42 Å². The topological polar surface area (TPSA) is 49.4 Å². The van der Waals surface area contributed by atoms with Crippen LogP contribution in [-0.2, 0) is 29.0 Å². The Morgan fingerprint density at radius 2 is 1.61 bits per heavy atom. The molecule has 0 bridgehead atoms. The average molecular weight is 483 g/mol. The van der Waals surface area contributed by atoms with Gasteiger partial charge >= 0.3 is 0 Å². The third kappa shape index (κ3) is 7.34. The van der Waals surface area contributed by atoms with Crippen molar-refractivity contribution in [2.24, 2.45) is 0 Å². The average Bonchev–Trinajstić information content (AvgIpc) is 2.82.